The third kappa shape index (κ3) is 4.97. The Morgan fingerprint density at radius 1 is 1.17 bits per heavy atom. The molecule has 5 heteroatoms. The molecule has 1 atom stereocenters. The molecule has 1 saturated carbocycles. The lowest BCUT2D eigenvalue weighted by Crippen LogP contribution is -2.45. The topological polar surface area (TPSA) is 52.7 Å². The van der Waals surface area contributed by atoms with Gasteiger partial charge in [-0.3, -0.25) is 4.79 Å². The van der Waals surface area contributed by atoms with Crippen LogP contribution in [-0.4, -0.2) is 40.9 Å². The fourth-order valence-electron chi connectivity index (χ4n) is 4.03. The summed E-state index contributed by atoms with van der Waals surface area (Å²) in [6.45, 7) is 3.98. The first-order valence-electron chi connectivity index (χ1n) is 10.6. The maximum absolute atomic E-state index is 13.3. The Morgan fingerprint density at radius 3 is 2.62 bits per heavy atom. The average molecular weight is 392 g/mol. The number of hydrogen-bond donors (Lipinski definition) is 1. The summed E-state index contributed by atoms with van der Waals surface area (Å²) < 4.78 is 0. The highest BCUT2D eigenvalue weighted by Crippen LogP contribution is 2.29. The van der Waals surface area contributed by atoms with Crippen LogP contribution in [0.15, 0.2) is 54.6 Å². The molecule has 2 fully saturated rings. The van der Waals surface area contributed by atoms with Crippen LogP contribution in [0, 0.1) is 6.92 Å². The number of nitrogens with zero attached hydrogens (tertiary/aromatic N) is 2. The van der Waals surface area contributed by atoms with Gasteiger partial charge in [0.25, 0.3) is 0 Å². The summed E-state index contributed by atoms with van der Waals surface area (Å²) in [5, 5.41) is 3.23. The Kier molecular flexibility index (Phi) is 5.84. The molecule has 29 heavy (non-hydrogen) atoms. The summed E-state index contributed by atoms with van der Waals surface area (Å²) in [7, 11) is 0. The third-order valence-electron chi connectivity index (χ3n) is 5.76. The lowest BCUT2D eigenvalue weighted by Gasteiger charge is -2.29. The molecule has 3 amide bonds. The van der Waals surface area contributed by atoms with Gasteiger partial charge >= 0.3 is 6.03 Å². The molecule has 1 aliphatic carbocycles. The van der Waals surface area contributed by atoms with E-state index in [0.717, 1.165) is 36.9 Å². The van der Waals surface area contributed by atoms with Crippen LogP contribution in [-0.2, 0) is 11.3 Å². The van der Waals surface area contributed by atoms with Gasteiger partial charge in [0, 0.05) is 32.1 Å². The number of benzene rings is 2. The van der Waals surface area contributed by atoms with Crippen LogP contribution in [0.5, 0.6) is 0 Å². The largest absolute Gasteiger partial charge is 0.340 e. The first kappa shape index (κ1) is 19.5. The van der Waals surface area contributed by atoms with Crippen LogP contribution in [0.25, 0.3) is 0 Å². The molecule has 1 saturated heterocycles. The summed E-state index contributed by atoms with van der Waals surface area (Å²) >= 11 is 0. The quantitative estimate of drug-likeness (QED) is 0.775. The molecule has 1 aliphatic heterocycles. The number of amides is 3. The van der Waals surface area contributed by atoms with E-state index in [4.69, 9.17) is 0 Å². The molecule has 1 heterocycles. The van der Waals surface area contributed by atoms with Gasteiger partial charge in [0.15, 0.2) is 0 Å². The Balaban J connectivity index is 1.50. The van der Waals surface area contributed by atoms with Crippen molar-refractivity contribution in [2.45, 2.75) is 51.2 Å². The predicted octanol–water partition coefficient (Wildman–Crippen LogP) is 4.03. The van der Waals surface area contributed by atoms with Crippen molar-refractivity contribution in [2.75, 3.05) is 13.1 Å². The van der Waals surface area contributed by atoms with E-state index in [1.54, 1.807) is 0 Å². The molecule has 0 aromatic heterocycles. The number of urea groups is 1. The minimum absolute atomic E-state index is 0.0468. The zero-order chi connectivity index (χ0) is 20.2. The van der Waals surface area contributed by atoms with Gasteiger partial charge in [-0.2, -0.15) is 0 Å². The molecule has 2 aliphatic rings. The normalized spacial score (nSPS) is 17.3. The van der Waals surface area contributed by atoms with Gasteiger partial charge in [0.05, 0.1) is 6.04 Å². The van der Waals surface area contributed by atoms with E-state index < -0.39 is 0 Å². The molecule has 152 valence electrons. The number of carbonyl (C=O) groups excluding carboxylic acids is 2. The smallest absolute Gasteiger partial charge is 0.318 e. The summed E-state index contributed by atoms with van der Waals surface area (Å²) in [6.07, 6.45) is 3.62. The Labute approximate surface area is 172 Å². The number of hydrogen-bond acceptors (Lipinski definition) is 2. The fourth-order valence-corrected chi connectivity index (χ4v) is 4.03. The lowest BCUT2D eigenvalue weighted by molar-refractivity contribution is -0.128. The van der Waals surface area contributed by atoms with E-state index in [1.807, 2.05) is 46.2 Å². The minimum Gasteiger partial charge on any atom is -0.340 e. The summed E-state index contributed by atoms with van der Waals surface area (Å²) in [4.78, 5) is 29.2. The van der Waals surface area contributed by atoms with Crippen LogP contribution in [0.4, 0.5) is 4.79 Å². The predicted molar refractivity (Wildman–Crippen MR) is 113 cm³/mol. The third-order valence-corrected chi connectivity index (χ3v) is 5.76. The van der Waals surface area contributed by atoms with Gasteiger partial charge in [-0.1, -0.05) is 60.2 Å². The molecular formula is C24H29N3O2. The molecule has 0 radical (unpaired) electrons. The van der Waals surface area contributed by atoms with Crippen molar-refractivity contribution in [3.05, 3.63) is 71.3 Å². The second-order valence-electron chi connectivity index (χ2n) is 8.20. The van der Waals surface area contributed by atoms with Crippen LogP contribution in [0.3, 0.4) is 0 Å². The van der Waals surface area contributed by atoms with Gasteiger partial charge in [-0.15, -0.1) is 0 Å². The molecule has 5 nitrogen and oxygen atoms in total. The minimum atomic E-state index is -0.204. The van der Waals surface area contributed by atoms with Gasteiger partial charge in [-0.05, 0) is 37.3 Å². The summed E-state index contributed by atoms with van der Waals surface area (Å²) in [5.74, 6) is 0.180. The zero-order valence-corrected chi connectivity index (χ0v) is 17.0. The van der Waals surface area contributed by atoms with Crippen LogP contribution < -0.4 is 5.32 Å². The first-order valence-corrected chi connectivity index (χ1v) is 10.6. The first-order chi connectivity index (χ1) is 14.1. The summed E-state index contributed by atoms with van der Waals surface area (Å²) in [6, 6.07) is 18.4. The van der Waals surface area contributed by atoms with Gasteiger partial charge in [0.2, 0.25) is 5.91 Å². The van der Waals surface area contributed by atoms with Crippen LogP contribution in [0.2, 0.25) is 0 Å². The Morgan fingerprint density at radius 2 is 1.97 bits per heavy atom. The van der Waals surface area contributed by atoms with Crippen molar-refractivity contribution in [1.29, 1.82) is 0 Å². The molecule has 0 bridgehead atoms. The molecule has 0 spiro atoms. The zero-order valence-electron chi connectivity index (χ0n) is 17.0. The molecule has 4 rings (SSSR count). The second kappa shape index (κ2) is 8.68. The molecule has 1 unspecified atom stereocenters. The van der Waals surface area contributed by atoms with Crippen molar-refractivity contribution in [3.63, 3.8) is 0 Å². The molecular weight excluding hydrogens is 362 g/mol. The average Bonchev–Trinajstić information content (AvgIpc) is 3.49. The monoisotopic (exact) mass is 391 g/mol. The second-order valence-corrected chi connectivity index (χ2v) is 8.20. The van der Waals surface area contributed by atoms with Gasteiger partial charge in [0.1, 0.15) is 0 Å². The number of nitrogens with one attached hydrogen (secondary N) is 1. The highest BCUT2D eigenvalue weighted by Gasteiger charge is 2.34. The highest BCUT2D eigenvalue weighted by atomic mass is 16.2. The maximum atomic E-state index is 13.3. The van der Waals surface area contributed by atoms with Crippen LogP contribution in [0.1, 0.15) is 48.4 Å². The van der Waals surface area contributed by atoms with Gasteiger partial charge in [-0.25, -0.2) is 4.79 Å². The van der Waals surface area contributed by atoms with Crippen molar-refractivity contribution < 1.29 is 9.59 Å². The molecule has 1 N–H and O–H groups in total. The van der Waals surface area contributed by atoms with Crippen molar-refractivity contribution in [3.8, 4) is 0 Å². The van der Waals surface area contributed by atoms with E-state index in [-0.39, 0.29) is 18.0 Å². The number of aryl methyl sites for hydroxylation is 1. The number of rotatable bonds is 7. The Bertz CT molecular complexity index is 863. The maximum Gasteiger partial charge on any atom is 0.318 e. The van der Waals surface area contributed by atoms with Crippen LogP contribution >= 0.6 is 0 Å². The van der Waals surface area contributed by atoms with Crippen molar-refractivity contribution >= 4 is 11.9 Å². The van der Waals surface area contributed by atoms with Crippen molar-refractivity contribution in [2.24, 2.45) is 0 Å². The fraction of sp³-hybridized carbons (Fsp3) is 0.417. The number of likely N-dealkylation sites (tertiary alicyclic amines) is 1. The van der Waals surface area contributed by atoms with Crippen molar-refractivity contribution in [1.82, 2.24) is 15.1 Å². The van der Waals surface area contributed by atoms with E-state index >= 15 is 0 Å². The van der Waals surface area contributed by atoms with E-state index in [1.165, 1.54) is 5.56 Å². The Hall–Kier alpha value is -2.82. The van der Waals surface area contributed by atoms with E-state index in [9.17, 15) is 9.59 Å². The number of carbonyl (C=O) groups is 2. The summed E-state index contributed by atoms with van der Waals surface area (Å²) in [5.41, 5.74) is 3.39. The standard InChI is InChI=1S/C24H29N3O2/c1-18-7-5-8-19(15-18)16-27(21-12-13-21)24(29)25-22(20-9-3-2-4-10-20)17-26-14-6-11-23(26)28/h2-5,7-10,15,21-22H,6,11-14,16-17H2,1H3,(H,25,29). The molecule has 2 aromatic carbocycles. The van der Waals surface area contributed by atoms with Gasteiger partial charge < -0.3 is 15.1 Å². The molecule has 2 aromatic rings. The van der Waals surface area contributed by atoms with E-state index in [2.05, 4.69) is 30.4 Å². The SMILES string of the molecule is Cc1cccc(CN(C(=O)NC(CN2CCCC2=O)c2ccccc2)C2CC2)c1. The lowest BCUT2D eigenvalue weighted by atomic mass is 10.1. The highest BCUT2D eigenvalue weighted by molar-refractivity contribution is 5.78. The van der Waals surface area contributed by atoms with E-state index in [0.29, 0.717) is 25.6 Å².